The number of hydrogen-bond acceptors (Lipinski definition) is 2. The maximum absolute atomic E-state index is 6.01. The van der Waals surface area contributed by atoms with Gasteiger partial charge in [-0.2, -0.15) is 0 Å². The van der Waals surface area contributed by atoms with Crippen molar-refractivity contribution in [2.45, 2.75) is 36.1 Å². The minimum atomic E-state index is 0.156. The lowest BCUT2D eigenvalue weighted by atomic mass is 10.1. The first-order valence-electron chi connectivity index (χ1n) is 6.29. The third-order valence-corrected chi connectivity index (χ3v) is 4.02. The Morgan fingerprint density at radius 1 is 0.944 bits per heavy atom. The molecule has 0 amide bonds. The van der Waals surface area contributed by atoms with Gasteiger partial charge in [-0.1, -0.05) is 48.5 Å². The summed E-state index contributed by atoms with van der Waals surface area (Å²) in [4.78, 5) is 2.53. The zero-order chi connectivity index (χ0) is 13.0. The maximum Gasteiger partial charge on any atom is 0.0292 e. The molecule has 0 saturated carbocycles. The Balaban J connectivity index is 2.08. The molecule has 2 aromatic rings. The van der Waals surface area contributed by atoms with Crippen molar-refractivity contribution in [3.63, 3.8) is 0 Å². The van der Waals surface area contributed by atoms with Gasteiger partial charge in [0, 0.05) is 15.8 Å². The van der Waals surface area contributed by atoms with Crippen LogP contribution in [-0.4, -0.2) is 0 Å². The van der Waals surface area contributed by atoms with Crippen molar-refractivity contribution < 1.29 is 0 Å². The van der Waals surface area contributed by atoms with Gasteiger partial charge in [-0.25, -0.2) is 0 Å². The van der Waals surface area contributed by atoms with Crippen molar-refractivity contribution in [3.05, 3.63) is 59.7 Å². The van der Waals surface area contributed by atoms with E-state index in [0.717, 1.165) is 6.42 Å². The molecule has 0 radical (unpaired) electrons. The largest absolute Gasteiger partial charge is 0.324 e. The van der Waals surface area contributed by atoms with E-state index in [1.54, 1.807) is 11.8 Å². The SMILES string of the molecule is CC[C@H](N)c1ccc(Sc2ccc(C)cc2)cc1. The Kier molecular flexibility index (Phi) is 4.45. The van der Waals surface area contributed by atoms with E-state index < -0.39 is 0 Å². The van der Waals surface area contributed by atoms with Crippen LogP contribution in [0.1, 0.15) is 30.5 Å². The van der Waals surface area contributed by atoms with Gasteiger partial charge in [-0.15, -0.1) is 0 Å². The molecular formula is C16H19NS. The molecule has 0 aromatic heterocycles. The van der Waals surface area contributed by atoms with Gasteiger partial charge in [0.1, 0.15) is 0 Å². The van der Waals surface area contributed by atoms with Crippen molar-refractivity contribution >= 4 is 11.8 Å². The van der Waals surface area contributed by atoms with Crippen molar-refractivity contribution in [1.82, 2.24) is 0 Å². The van der Waals surface area contributed by atoms with Crippen molar-refractivity contribution in [2.75, 3.05) is 0 Å². The number of rotatable bonds is 4. The highest BCUT2D eigenvalue weighted by Crippen LogP contribution is 2.28. The van der Waals surface area contributed by atoms with Crippen LogP contribution in [0.2, 0.25) is 0 Å². The zero-order valence-electron chi connectivity index (χ0n) is 10.9. The summed E-state index contributed by atoms with van der Waals surface area (Å²) in [6, 6.07) is 17.3. The van der Waals surface area contributed by atoms with Gasteiger partial charge in [0.25, 0.3) is 0 Å². The van der Waals surface area contributed by atoms with Gasteiger partial charge >= 0.3 is 0 Å². The van der Waals surface area contributed by atoms with E-state index in [2.05, 4.69) is 62.4 Å². The van der Waals surface area contributed by atoms with Crippen LogP contribution in [-0.2, 0) is 0 Å². The van der Waals surface area contributed by atoms with Crippen LogP contribution < -0.4 is 5.73 Å². The molecule has 0 aliphatic rings. The molecule has 0 aliphatic heterocycles. The normalized spacial score (nSPS) is 12.4. The van der Waals surface area contributed by atoms with Gasteiger partial charge in [0.05, 0.1) is 0 Å². The molecule has 0 heterocycles. The van der Waals surface area contributed by atoms with Gasteiger partial charge in [0.15, 0.2) is 0 Å². The fraction of sp³-hybridized carbons (Fsp3) is 0.250. The molecule has 0 saturated heterocycles. The molecule has 1 atom stereocenters. The Morgan fingerprint density at radius 3 is 1.94 bits per heavy atom. The smallest absolute Gasteiger partial charge is 0.0292 e. The molecule has 18 heavy (non-hydrogen) atoms. The molecule has 0 fully saturated rings. The van der Waals surface area contributed by atoms with E-state index in [4.69, 9.17) is 5.73 Å². The molecule has 94 valence electrons. The van der Waals surface area contributed by atoms with Gasteiger partial charge in [0.2, 0.25) is 0 Å². The first-order chi connectivity index (χ1) is 8.69. The van der Waals surface area contributed by atoms with Crippen LogP contribution in [0.25, 0.3) is 0 Å². The summed E-state index contributed by atoms with van der Waals surface area (Å²) < 4.78 is 0. The summed E-state index contributed by atoms with van der Waals surface area (Å²) in [5, 5.41) is 0. The summed E-state index contributed by atoms with van der Waals surface area (Å²) in [5.41, 5.74) is 8.52. The predicted molar refractivity (Wildman–Crippen MR) is 79.0 cm³/mol. The fourth-order valence-electron chi connectivity index (χ4n) is 1.76. The average molecular weight is 257 g/mol. The first kappa shape index (κ1) is 13.2. The number of aryl methyl sites for hydroxylation is 1. The molecule has 0 aliphatic carbocycles. The van der Waals surface area contributed by atoms with E-state index in [1.807, 2.05) is 0 Å². The second kappa shape index (κ2) is 6.07. The van der Waals surface area contributed by atoms with Crippen molar-refractivity contribution in [3.8, 4) is 0 Å². The predicted octanol–water partition coefficient (Wildman–Crippen LogP) is 4.56. The van der Waals surface area contributed by atoms with E-state index in [1.165, 1.54) is 20.9 Å². The standard InChI is InChI=1S/C16H19NS/c1-3-16(17)13-6-10-15(11-7-13)18-14-8-4-12(2)5-9-14/h4-11,16H,3,17H2,1-2H3/t16-/m0/s1. The highest BCUT2D eigenvalue weighted by atomic mass is 32.2. The van der Waals surface area contributed by atoms with E-state index in [9.17, 15) is 0 Å². The van der Waals surface area contributed by atoms with Crippen LogP contribution in [0, 0.1) is 6.92 Å². The van der Waals surface area contributed by atoms with Crippen molar-refractivity contribution in [2.24, 2.45) is 5.73 Å². The van der Waals surface area contributed by atoms with Gasteiger partial charge in [-0.3, -0.25) is 0 Å². The summed E-state index contributed by atoms with van der Waals surface area (Å²) in [7, 11) is 0. The van der Waals surface area contributed by atoms with E-state index in [0.29, 0.717) is 0 Å². The van der Waals surface area contributed by atoms with Crippen LogP contribution in [0.5, 0.6) is 0 Å². The molecule has 0 spiro atoms. The topological polar surface area (TPSA) is 26.0 Å². The van der Waals surface area contributed by atoms with Crippen LogP contribution >= 0.6 is 11.8 Å². The molecule has 0 unspecified atom stereocenters. The molecule has 1 nitrogen and oxygen atoms in total. The highest BCUT2D eigenvalue weighted by Gasteiger charge is 2.03. The van der Waals surface area contributed by atoms with Crippen molar-refractivity contribution in [1.29, 1.82) is 0 Å². The lowest BCUT2D eigenvalue weighted by Crippen LogP contribution is -2.07. The summed E-state index contributed by atoms with van der Waals surface area (Å²) in [6.07, 6.45) is 0.977. The van der Waals surface area contributed by atoms with E-state index >= 15 is 0 Å². The molecule has 2 rings (SSSR count). The first-order valence-corrected chi connectivity index (χ1v) is 7.10. The summed E-state index contributed by atoms with van der Waals surface area (Å²) in [5.74, 6) is 0. The van der Waals surface area contributed by atoms with E-state index in [-0.39, 0.29) is 6.04 Å². The van der Waals surface area contributed by atoms with Crippen LogP contribution in [0.3, 0.4) is 0 Å². The lowest BCUT2D eigenvalue weighted by Gasteiger charge is -2.09. The molecule has 2 N–H and O–H groups in total. The number of hydrogen-bond donors (Lipinski definition) is 1. The monoisotopic (exact) mass is 257 g/mol. The Morgan fingerprint density at radius 2 is 1.44 bits per heavy atom. The maximum atomic E-state index is 6.01. The molecule has 2 heteroatoms. The van der Waals surface area contributed by atoms with Crippen LogP contribution in [0.4, 0.5) is 0 Å². The summed E-state index contributed by atoms with van der Waals surface area (Å²) in [6.45, 7) is 4.22. The minimum absolute atomic E-state index is 0.156. The second-order valence-electron chi connectivity index (χ2n) is 4.50. The Hall–Kier alpha value is -1.25. The minimum Gasteiger partial charge on any atom is -0.324 e. The Bertz CT molecular complexity index is 488. The Labute approximate surface area is 113 Å². The lowest BCUT2D eigenvalue weighted by molar-refractivity contribution is 0.698. The van der Waals surface area contributed by atoms with Gasteiger partial charge in [-0.05, 0) is 43.2 Å². The third kappa shape index (κ3) is 3.37. The molecule has 2 aromatic carbocycles. The molecular weight excluding hydrogens is 238 g/mol. The third-order valence-electron chi connectivity index (χ3n) is 3.00. The number of benzene rings is 2. The summed E-state index contributed by atoms with van der Waals surface area (Å²) >= 11 is 1.78. The quantitative estimate of drug-likeness (QED) is 0.869. The average Bonchev–Trinajstić information content (AvgIpc) is 2.41. The number of nitrogens with two attached hydrogens (primary N) is 1. The van der Waals surface area contributed by atoms with Crippen LogP contribution in [0.15, 0.2) is 58.3 Å². The second-order valence-corrected chi connectivity index (χ2v) is 5.65. The fourth-order valence-corrected chi connectivity index (χ4v) is 2.58. The van der Waals surface area contributed by atoms with Gasteiger partial charge < -0.3 is 5.73 Å². The highest BCUT2D eigenvalue weighted by molar-refractivity contribution is 7.99. The molecule has 0 bridgehead atoms. The zero-order valence-corrected chi connectivity index (χ0v) is 11.7.